The molecule has 4 aromatic rings. The van der Waals surface area contributed by atoms with Crippen molar-refractivity contribution < 1.29 is 28.9 Å². The molecule has 224 valence electrons. The number of hydrogen-bond donors (Lipinski definition) is 1. The van der Waals surface area contributed by atoms with Crippen LogP contribution in [0.25, 0.3) is 16.0 Å². The van der Waals surface area contributed by atoms with Crippen molar-refractivity contribution in [2.45, 2.75) is 52.5 Å². The molecule has 1 saturated heterocycles. The maximum Gasteiger partial charge on any atom is 0.301 e. The van der Waals surface area contributed by atoms with E-state index in [1.165, 1.54) is 16.2 Å². The second kappa shape index (κ2) is 13.7. The van der Waals surface area contributed by atoms with Gasteiger partial charge in [-0.1, -0.05) is 62.3 Å². The lowest BCUT2D eigenvalue weighted by Crippen LogP contribution is -2.29. The van der Waals surface area contributed by atoms with Crippen molar-refractivity contribution >= 4 is 44.1 Å². The Morgan fingerprint density at radius 3 is 2.23 bits per heavy atom. The van der Waals surface area contributed by atoms with Gasteiger partial charge in [0, 0.05) is 5.56 Å². The number of nitrogens with zero attached hydrogens (tertiary/aromatic N) is 2. The zero-order chi connectivity index (χ0) is 30.3. The Morgan fingerprint density at radius 1 is 0.860 bits per heavy atom. The molecule has 1 aliphatic rings. The van der Waals surface area contributed by atoms with Crippen LogP contribution in [0.4, 0.5) is 5.13 Å². The van der Waals surface area contributed by atoms with Gasteiger partial charge in [-0.25, -0.2) is 4.98 Å². The molecule has 0 spiro atoms. The van der Waals surface area contributed by atoms with Crippen LogP contribution in [-0.2, 0) is 9.59 Å². The molecular formula is C34H36N2O6S. The van der Waals surface area contributed by atoms with E-state index in [1.54, 1.807) is 24.3 Å². The summed E-state index contributed by atoms with van der Waals surface area (Å²) in [6.07, 6.45) is 3.84. The molecule has 0 radical (unpaired) electrons. The highest BCUT2D eigenvalue weighted by atomic mass is 32.1. The minimum absolute atomic E-state index is 0.00961. The number of carbonyl (C=O) groups is 2. The van der Waals surface area contributed by atoms with Gasteiger partial charge in [-0.05, 0) is 67.8 Å². The third-order valence-electron chi connectivity index (χ3n) is 7.15. The quantitative estimate of drug-likeness (QED) is 0.0727. The van der Waals surface area contributed by atoms with Gasteiger partial charge in [-0.3, -0.25) is 14.5 Å². The molecule has 0 saturated carbocycles. The predicted molar refractivity (Wildman–Crippen MR) is 169 cm³/mol. The number of Topliss-reactive ketones (excluding diaryl/α,β-unsaturated/α-hetero) is 1. The second-order valence-electron chi connectivity index (χ2n) is 10.2. The summed E-state index contributed by atoms with van der Waals surface area (Å²) in [6, 6.07) is 18.9. The van der Waals surface area contributed by atoms with Crippen LogP contribution in [0.15, 0.2) is 72.3 Å². The number of amides is 1. The topological polar surface area (TPSA) is 98.2 Å². The zero-order valence-electron chi connectivity index (χ0n) is 24.7. The van der Waals surface area contributed by atoms with Crippen LogP contribution in [0.3, 0.4) is 0 Å². The van der Waals surface area contributed by atoms with Gasteiger partial charge in [0.15, 0.2) is 5.13 Å². The molecular weight excluding hydrogens is 564 g/mol. The molecule has 1 N–H and O–H groups in total. The van der Waals surface area contributed by atoms with E-state index in [2.05, 4.69) is 13.8 Å². The van der Waals surface area contributed by atoms with Crippen LogP contribution >= 0.6 is 11.3 Å². The van der Waals surface area contributed by atoms with Crippen LogP contribution in [0.1, 0.15) is 63.6 Å². The van der Waals surface area contributed by atoms with Crippen molar-refractivity contribution in [3.63, 3.8) is 0 Å². The highest BCUT2D eigenvalue weighted by Crippen LogP contribution is 2.45. The number of benzene rings is 3. The Hall–Kier alpha value is -4.37. The van der Waals surface area contributed by atoms with Crippen LogP contribution < -0.4 is 19.1 Å². The predicted octanol–water partition coefficient (Wildman–Crippen LogP) is 7.68. The maximum absolute atomic E-state index is 13.7. The lowest BCUT2D eigenvalue weighted by molar-refractivity contribution is -0.132. The normalized spacial score (nSPS) is 16.2. The van der Waals surface area contributed by atoms with Crippen molar-refractivity contribution in [2.24, 2.45) is 0 Å². The fraction of sp³-hybridized carbons (Fsp3) is 0.324. The first-order chi connectivity index (χ1) is 20.9. The van der Waals surface area contributed by atoms with Gasteiger partial charge in [0.1, 0.15) is 23.0 Å². The number of ether oxygens (including phenoxy) is 3. The number of carbonyl (C=O) groups excluding carboxylic acids is 2. The number of thiazole rings is 1. The molecule has 2 heterocycles. The molecule has 1 atom stereocenters. The Kier molecular flexibility index (Phi) is 9.61. The summed E-state index contributed by atoms with van der Waals surface area (Å²) in [6.45, 7) is 7.75. The fourth-order valence-electron chi connectivity index (χ4n) is 4.90. The number of fused-ring (bicyclic) bond motifs is 1. The van der Waals surface area contributed by atoms with Crippen molar-refractivity contribution in [2.75, 3.05) is 24.7 Å². The van der Waals surface area contributed by atoms with Crippen LogP contribution in [0.5, 0.6) is 17.2 Å². The Bertz CT molecular complexity index is 1630. The van der Waals surface area contributed by atoms with Crippen molar-refractivity contribution in [3.05, 3.63) is 83.4 Å². The van der Waals surface area contributed by atoms with E-state index < -0.39 is 17.7 Å². The van der Waals surface area contributed by atoms with E-state index in [0.717, 1.165) is 30.4 Å². The molecule has 1 aromatic heterocycles. The number of ketones is 1. The van der Waals surface area contributed by atoms with Crippen LogP contribution in [0.2, 0.25) is 0 Å². The van der Waals surface area contributed by atoms with E-state index in [0.29, 0.717) is 58.8 Å². The summed E-state index contributed by atoms with van der Waals surface area (Å²) in [5.74, 6) is 0.160. The Morgan fingerprint density at radius 2 is 1.53 bits per heavy atom. The lowest BCUT2D eigenvalue weighted by atomic mass is 9.95. The van der Waals surface area contributed by atoms with Gasteiger partial charge in [-0.2, -0.15) is 0 Å². The average Bonchev–Trinajstić information content (AvgIpc) is 3.55. The molecule has 1 unspecified atom stereocenters. The molecule has 1 aliphatic heterocycles. The number of anilines is 1. The zero-order valence-corrected chi connectivity index (χ0v) is 25.5. The summed E-state index contributed by atoms with van der Waals surface area (Å²) in [5, 5.41) is 12.0. The summed E-state index contributed by atoms with van der Waals surface area (Å²) in [4.78, 5) is 33.5. The van der Waals surface area contributed by atoms with E-state index in [4.69, 9.17) is 19.2 Å². The standard InChI is InChI=1S/C34H36N2O6S/c1-4-7-18-41-24-14-12-22(13-15-24)30-29(31(37)23-10-9-11-25(20-23)42-19-8-5-2)32(38)33(39)36(30)34-35-27-17-16-26(40-6-3)21-28(27)43-34/h9-17,20-21,30,37H,4-8,18-19H2,1-3H3/b31-29+. The number of aliphatic hydroxyl groups excluding tert-OH is 1. The second-order valence-corrected chi connectivity index (χ2v) is 11.2. The first kappa shape index (κ1) is 30.1. The van der Waals surface area contributed by atoms with Crippen molar-refractivity contribution in [3.8, 4) is 17.2 Å². The maximum atomic E-state index is 13.7. The van der Waals surface area contributed by atoms with Crippen LogP contribution in [0, 0.1) is 0 Å². The summed E-state index contributed by atoms with van der Waals surface area (Å²) in [5.41, 5.74) is 1.71. The van der Waals surface area contributed by atoms with Gasteiger partial charge in [0.05, 0.1) is 41.7 Å². The van der Waals surface area contributed by atoms with Gasteiger partial charge in [0.25, 0.3) is 5.78 Å². The number of unbranched alkanes of at least 4 members (excludes halogenated alkanes) is 2. The average molecular weight is 601 g/mol. The molecule has 9 heteroatoms. The minimum Gasteiger partial charge on any atom is -0.507 e. The summed E-state index contributed by atoms with van der Waals surface area (Å²) >= 11 is 1.29. The third-order valence-corrected chi connectivity index (χ3v) is 8.16. The first-order valence-electron chi connectivity index (χ1n) is 14.8. The molecule has 1 fully saturated rings. The largest absolute Gasteiger partial charge is 0.507 e. The van der Waals surface area contributed by atoms with Crippen molar-refractivity contribution in [1.29, 1.82) is 0 Å². The van der Waals surface area contributed by atoms with Crippen LogP contribution in [-0.4, -0.2) is 41.6 Å². The van der Waals surface area contributed by atoms with E-state index in [-0.39, 0.29) is 11.3 Å². The van der Waals surface area contributed by atoms with E-state index in [1.807, 2.05) is 49.4 Å². The third kappa shape index (κ3) is 6.51. The molecule has 3 aromatic carbocycles. The Balaban J connectivity index is 1.59. The van der Waals surface area contributed by atoms with Gasteiger partial charge >= 0.3 is 5.91 Å². The van der Waals surface area contributed by atoms with Crippen molar-refractivity contribution in [1.82, 2.24) is 4.98 Å². The monoisotopic (exact) mass is 600 g/mol. The fourth-order valence-corrected chi connectivity index (χ4v) is 5.92. The Labute approximate surface area is 255 Å². The molecule has 0 aliphatic carbocycles. The molecule has 8 nitrogen and oxygen atoms in total. The highest BCUT2D eigenvalue weighted by Gasteiger charge is 2.48. The van der Waals surface area contributed by atoms with Gasteiger partial charge < -0.3 is 19.3 Å². The first-order valence-corrected chi connectivity index (χ1v) is 15.6. The molecule has 0 bridgehead atoms. The number of hydrogen-bond acceptors (Lipinski definition) is 8. The summed E-state index contributed by atoms with van der Waals surface area (Å²) in [7, 11) is 0. The smallest absolute Gasteiger partial charge is 0.301 e. The van der Waals surface area contributed by atoms with E-state index >= 15 is 0 Å². The summed E-state index contributed by atoms with van der Waals surface area (Å²) < 4.78 is 18.1. The minimum atomic E-state index is -0.902. The molecule has 5 rings (SSSR count). The van der Waals surface area contributed by atoms with Gasteiger partial charge in [0.2, 0.25) is 0 Å². The highest BCUT2D eigenvalue weighted by molar-refractivity contribution is 7.22. The number of rotatable bonds is 13. The lowest BCUT2D eigenvalue weighted by Gasteiger charge is -2.23. The van der Waals surface area contributed by atoms with E-state index in [9.17, 15) is 14.7 Å². The van der Waals surface area contributed by atoms with Gasteiger partial charge in [-0.15, -0.1) is 0 Å². The number of aromatic nitrogens is 1. The molecule has 1 amide bonds. The number of aliphatic hydroxyl groups is 1. The molecule has 43 heavy (non-hydrogen) atoms. The SMILES string of the molecule is CCCCOc1ccc(C2/C(=C(\O)c3cccc(OCCCC)c3)C(=O)C(=O)N2c2nc3ccc(OCC)cc3s2)cc1.